The van der Waals surface area contributed by atoms with Gasteiger partial charge in [0.25, 0.3) is 0 Å². The van der Waals surface area contributed by atoms with Gasteiger partial charge in [0.1, 0.15) is 5.75 Å². The topological polar surface area (TPSA) is 47.9 Å². The summed E-state index contributed by atoms with van der Waals surface area (Å²) < 4.78 is 10.3. The van der Waals surface area contributed by atoms with Crippen LogP contribution >= 0.6 is 11.3 Å². The highest BCUT2D eigenvalue weighted by molar-refractivity contribution is 7.12. The summed E-state index contributed by atoms with van der Waals surface area (Å²) in [5.41, 5.74) is 1.13. The van der Waals surface area contributed by atoms with E-state index in [0.29, 0.717) is 11.6 Å². The van der Waals surface area contributed by atoms with Gasteiger partial charge in [-0.1, -0.05) is 18.2 Å². The second-order valence-corrected chi connectivity index (χ2v) is 5.04. The molecule has 0 spiro atoms. The van der Waals surface area contributed by atoms with Gasteiger partial charge in [0.05, 0.1) is 12.0 Å². The van der Waals surface area contributed by atoms with Gasteiger partial charge in [0.15, 0.2) is 5.70 Å². The molecule has 2 heterocycles. The molecule has 2 aromatic rings. The standard InChI is InChI=1S/C15H11NO3S/c1-18-11-5-2-4-10(8-11)9-12-15(17)19-14(16-12)13-6-3-7-20-13/h2-9H,1H3/b12-9+. The van der Waals surface area contributed by atoms with E-state index in [2.05, 4.69) is 4.99 Å². The molecule has 1 aromatic heterocycles. The SMILES string of the molecule is COc1cccc(/C=C2/N=C(c3cccs3)OC2=O)c1. The van der Waals surface area contributed by atoms with Crippen molar-refractivity contribution < 1.29 is 14.3 Å². The Morgan fingerprint density at radius 1 is 1.30 bits per heavy atom. The molecule has 0 fully saturated rings. The van der Waals surface area contributed by atoms with E-state index >= 15 is 0 Å². The van der Waals surface area contributed by atoms with E-state index in [1.807, 2.05) is 41.8 Å². The molecule has 0 N–H and O–H groups in total. The third-order valence-electron chi connectivity index (χ3n) is 2.75. The number of nitrogens with zero attached hydrogens (tertiary/aromatic N) is 1. The number of aliphatic imine (C=N–C) groups is 1. The van der Waals surface area contributed by atoms with Gasteiger partial charge in [-0.2, -0.15) is 0 Å². The van der Waals surface area contributed by atoms with E-state index < -0.39 is 5.97 Å². The third kappa shape index (κ3) is 2.48. The number of carbonyl (C=O) groups excluding carboxylic acids is 1. The number of carbonyl (C=O) groups is 1. The maximum Gasteiger partial charge on any atom is 0.363 e. The minimum Gasteiger partial charge on any atom is -0.497 e. The summed E-state index contributed by atoms with van der Waals surface area (Å²) in [6.07, 6.45) is 1.69. The van der Waals surface area contributed by atoms with Crippen molar-refractivity contribution in [1.29, 1.82) is 0 Å². The number of methoxy groups -OCH3 is 1. The summed E-state index contributed by atoms with van der Waals surface area (Å²) in [6.45, 7) is 0. The van der Waals surface area contributed by atoms with Crippen LogP contribution in [0.25, 0.3) is 6.08 Å². The van der Waals surface area contributed by atoms with Crippen LogP contribution < -0.4 is 4.74 Å². The smallest absolute Gasteiger partial charge is 0.363 e. The predicted octanol–water partition coefficient (Wildman–Crippen LogP) is 3.10. The quantitative estimate of drug-likeness (QED) is 0.643. The van der Waals surface area contributed by atoms with E-state index in [1.165, 1.54) is 11.3 Å². The minimum absolute atomic E-state index is 0.293. The number of thiophene rings is 1. The highest BCUT2D eigenvalue weighted by Gasteiger charge is 2.24. The summed E-state index contributed by atoms with van der Waals surface area (Å²) in [5.74, 6) is 0.656. The minimum atomic E-state index is -0.434. The lowest BCUT2D eigenvalue weighted by molar-refractivity contribution is -0.129. The number of esters is 1. The monoisotopic (exact) mass is 285 g/mol. The summed E-state index contributed by atoms with van der Waals surface area (Å²) in [5, 5.41) is 1.91. The summed E-state index contributed by atoms with van der Waals surface area (Å²) in [6, 6.07) is 11.2. The van der Waals surface area contributed by atoms with Crippen molar-refractivity contribution in [2.75, 3.05) is 7.11 Å². The van der Waals surface area contributed by atoms with Crippen LogP contribution in [0.2, 0.25) is 0 Å². The molecule has 1 aliphatic rings. The molecular formula is C15H11NO3S. The summed E-state index contributed by atoms with van der Waals surface area (Å²) in [7, 11) is 1.60. The lowest BCUT2D eigenvalue weighted by atomic mass is 10.2. The fraction of sp³-hybridized carbons (Fsp3) is 0.0667. The van der Waals surface area contributed by atoms with Gasteiger partial charge in [-0.05, 0) is 35.2 Å². The van der Waals surface area contributed by atoms with Crippen molar-refractivity contribution in [2.24, 2.45) is 4.99 Å². The van der Waals surface area contributed by atoms with Crippen LogP contribution in [0.5, 0.6) is 5.75 Å². The molecule has 0 radical (unpaired) electrons. The molecule has 0 atom stereocenters. The van der Waals surface area contributed by atoms with Gasteiger partial charge in [0, 0.05) is 0 Å². The third-order valence-corrected chi connectivity index (χ3v) is 3.61. The maximum absolute atomic E-state index is 11.8. The molecule has 1 aromatic carbocycles. The van der Waals surface area contributed by atoms with Crippen molar-refractivity contribution >= 4 is 29.3 Å². The first-order valence-corrected chi connectivity index (χ1v) is 6.85. The molecule has 5 heteroatoms. The Morgan fingerprint density at radius 3 is 2.95 bits per heavy atom. The maximum atomic E-state index is 11.8. The zero-order valence-electron chi connectivity index (χ0n) is 10.7. The van der Waals surface area contributed by atoms with Crippen LogP contribution in [0.15, 0.2) is 52.5 Å². The Balaban J connectivity index is 1.93. The Hall–Kier alpha value is -2.40. The molecule has 20 heavy (non-hydrogen) atoms. The van der Waals surface area contributed by atoms with Crippen LogP contribution in [0.3, 0.4) is 0 Å². The highest BCUT2D eigenvalue weighted by Crippen LogP contribution is 2.22. The molecule has 4 nitrogen and oxygen atoms in total. The van der Waals surface area contributed by atoms with E-state index in [4.69, 9.17) is 9.47 Å². The zero-order chi connectivity index (χ0) is 13.9. The fourth-order valence-electron chi connectivity index (χ4n) is 1.80. The van der Waals surface area contributed by atoms with Gasteiger partial charge in [-0.15, -0.1) is 11.3 Å². The fourth-order valence-corrected chi connectivity index (χ4v) is 2.45. The molecule has 0 amide bonds. The Labute approximate surface area is 120 Å². The predicted molar refractivity (Wildman–Crippen MR) is 77.9 cm³/mol. The number of rotatable bonds is 3. The number of hydrogen-bond acceptors (Lipinski definition) is 5. The molecule has 0 bridgehead atoms. The molecule has 0 aliphatic carbocycles. The van der Waals surface area contributed by atoms with E-state index in [9.17, 15) is 4.79 Å². The second kappa shape index (κ2) is 5.30. The second-order valence-electron chi connectivity index (χ2n) is 4.09. The molecule has 100 valence electrons. The van der Waals surface area contributed by atoms with E-state index in [0.717, 1.165) is 16.2 Å². The van der Waals surface area contributed by atoms with Crippen LogP contribution in [0.4, 0.5) is 0 Å². The molecule has 3 rings (SSSR count). The molecule has 1 aliphatic heterocycles. The van der Waals surface area contributed by atoms with Gasteiger partial charge in [0.2, 0.25) is 5.90 Å². The van der Waals surface area contributed by atoms with Crippen molar-refractivity contribution in [3.8, 4) is 5.75 Å². The largest absolute Gasteiger partial charge is 0.497 e. The number of benzene rings is 1. The first kappa shape index (κ1) is 12.6. The highest BCUT2D eigenvalue weighted by atomic mass is 32.1. The number of cyclic esters (lactones) is 1. The van der Waals surface area contributed by atoms with Crippen LogP contribution in [-0.2, 0) is 9.53 Å². The number of hydrogen-bond donors (Lipinski definition) is 0. The van der Waals surface area contributed by atoms with Crippen LogP contribution in [0, 0.1) is 0 Å². The lowest BCUT2D eigenvalue weighted by Crippen LogP contribution is -2.03. The Bertz CT molecular complexity index is 702. The van der Waals surface area contributed by atoms with E-state index in [-0.39, 0.29) is 0 Å². The van der Waals surface area contributed by atoms with Crippen LogP contribution in [0.1, 0.15) is 10.4 Å². The Morgan fingerprint density at radius 2 is 2.20 bits per heavy atom. The summed E-state index contributed by atoms with van der Waals surface area (Å²) in [4.78, 5) is 16.9. The molecule has 0 unspecified atom stereocenters. The molecule has 0 saturated carbocycles. The van der Waals surface area contributed by atoms with Crippen LogP contribution in [-0.4, -0.2) is 19.0 Å². The number of ether oxygens (including phenoxy) is 2. The average Bonchev–Trinajstić information content (AvgIpc) is 3.10. The van der Waals surface area contributed by atoms with Gasteiger partial charge < -0.3 is 9.47 Å². The first-order chi connectivity index (χ1) is 9.76. The van der Waals surface area contributed by atoms with Gasteiger partial charge in [-0.25, -0.2) is 9.79 Å². The lowest BCUT2D eigenvalue weighted by Gasteiger charge is -2.00. The average molecular weight is 285 g/mol. The van der Waals surface area contributed by atoms with Gasteiger partial charge in [-0.3, -0.25) is 0 Å². The van der Waals surface area contributed by atoms with Crippen molar-refractivity contribution in [1.82, 2.24) is 0 Å². The Kier molecular flexibility index (Phi) is 3.35. The molecule has 0 saturated heterocycles. The van der Waals surface area contributed by atoms with E-state index in [1.54, 1.807) is 13.2 Å². The zero-order valence-corrected chi connectivity index (χ0v) is 11.5. The summed E-state index contributed by atoms with van der Waals surface area (Å²) >= 11 is 1.48. The normalized spacial score (nSPS) is 16.1. The van der Waals surface area contributed by atoms with Crippen molar-refractivity contribution in [3.63, 3.8) is 0 Å². The van der Waals surface area contributed by atoms with Crippen molar-refractivity contribution in [3.05, 3.63) is 57.9 Å². The van der Waals surface area contributed by atoms with Gasteiger partial charge >= 0.3 is 5.97 Å². The van der Waals surface area contributed by atoms with Crippen molar-refractivity contribution in [2.45, 2.75) is 0 Å². The first-order valence-electron chi connectivity index (χ1n) is 5.97. The molecular weight excluding hydrogens is 274 g/mol.